The minimum atomic E-state index is 0.0219. The van der Waals surface area contributed by atoms with Crippen molar-refractivity contribution in [2.24, 2.45) is 11.8 Å². The summed E-state index contributed by atoms with van der Waals surface area (Å²) < 4.78 is 5.55. The van der Waals surface area contributed by atoms with E-state index in [0.717, 1.165) is 45.0 Å². The molecule has 0 spiro atoms. The number of benzene rings is 2. The summed E-state index contributed by atoms with van der Waals surface area (Å²) in [7, 11) is 1.73. The van der Waals surface area contributed by atoms with Crippen LogP contribution in [0.3, 0.4) is 0 Å². The van der Waals surface area contributed by atoms with E-state index in [4.69, 9.17) is 4.74 Å². The van der Waals surface area contributed by atoms with Gasteiger partial charge in [-0.05, 0) is 62.0 Å². The summed E-state index contributed by atoms with van der Waals surface area (Å²) in [5.74, 6) is 1.99. The number of methoxy groups -OCH3 is 1. The number of aryl methyl sites for hydroxylation is 1. The molecule has 2 aromatic carbocycles. The minimum Gasteiger partial charge on any atom is -0.497 e. The van der Waals surface area contributed by atoms with Crippen molar-refractivity contribution < 1.29 is 9.53 Å². The van der Waals surface area contributed by atoms with Crippen LogP contribution in [-0.4, -0.2) is 73.5 Å². The van der Waals surface area contributed by atoms with Crippen LogP contribution in [0.1, 0.15) is 49.3 Å². The van der Waals surface area contributed by atoms with Crippen LogP contribution < -0.4 is 4.74 Å². The fourth-order valence-electron chi connectivity index (χ4n) is 5.80. The summed E-state index contributed by atoms with van der Waals surface area (Å²) in [6.45, 7) is 14.1. The van der Waals surface area contributed by atoms with Crippen LogP contribution in [0.15, 0.2) is 48.5 Å². The lowest BCUT2D eigenvalue weighted by Gasteiger charge is -2.31. The predicted octanol–water partition coefficient (Wildman–Crippen LogP) is 4.80. The zero-order valence-corrected chi connectivity index (χ0v) is 22.1. The normalized spacial score (nSPS) is 21.1. The van der Waals surface area contributed by atoms with E-state index < -0.39 is 0 Å². The van der Waals surface area contributed by atoms with Crippen molar-refractivity contribution >= 4 is 5.91 Å². The molecule has 2 aliphatic rings. The molecule has 2 fully saturated rings. The van der Waals surface area contributed by atoms with Crippen molar-refractivity contribution in [2.75, 3.05) is 52.9 Å². The van der Waals surface area contributed by atoms with E-state index in [1.807, 2.05) is 19.9 Å². The molecule has 0 saturated carbocycles. The number of hydrogen-bond acceptors (Lipinski definition) is 4. The predicted molar refractivity (Wildman–Crippen MR) is 143 cm³/mol. The van der Waals surface area contributed by atoms with Crippen LogP contribution >= 0.6 is 0 Å². The number of likely N-dealkylation sites (tertiary alicyclic amines) is 2. The number of carbonyl (C=O) groups excluding carboxylic acids is 1. The van der Waals surface area contributed by atoms with Crippen molar-refractivity contribution in [2.45, 2.75) is 46.1 Å². The molecule has 0 bridgehead atoms. The van der Waals surface area contributed by atoms with E-state index in [0.29, 0.717) is 11.8 Å². The van der Waals surface area contributed by atoms with E-state index >= 15 is 0 Å². The fourth-order valence-corrected chi connectivity index (χ4v) is 5.80. The van der Waals surface area contributed by atoms with E-state index in [1.165, 1.54) is 42.6 Å². The molecule has 0 radical (unpaired) electrons. The summed E-state index contributed by atoms with van der Waals surface area (Å²) in [4.78, 5) is 20.5. The Balaban J connectivity index is 1.53. The molecule has 4 rings (SSSR count). The molecule has 190 valence electrons. The summed E-state index contributed by atoms with van der Waals surface area (Å²) in [5.41, 5.74) is 3.98. The average Bonchev–Trinajstić information content (AvgIpc) is 3.51. The van der Waals surface area contributed by atoms with Gasteiger partial charge in [-0.3, -0.25) is 9.69 Å². The third kappa shape index (κ3) is 6.86. The molecular weight excluding hydrogens is 434 g/mol. The maximum absolute atomic E-state index is 13.3. The van der Waals surface area contributed by atoms with E-state index in [1.54, 1.807) is 7.11 Å². The van der Waals surface area contributed by atoms with Crippen molar-refractivity contribution in [3.63, 3.8) is 0 Å². The second-order valence-electron chi connectivity index (χ2n) is 10.8. The summed E-state index contributed by atoms with van der Waals surface area (Å²) in [6.07, 6.45) is 2.57. The van der Waals surface area contributed by atoms with Crippen molar-refractivity contribution in [1.82, 2.24) is 14.7 Å². The first-order valence-corrected chi connectivity index (χ1v) is 13.4. The lowest BCUT2D eigenvalue weighted by Crippen LogP contribution is -2.43. The Morgan fingerprint density at radius 2 is 1.83 bits per heavy atom. The van der Waals surface area contributed by atoms with E-state index in [2.05, 4.69) is 64.1 Å². The Bertz CT molecular complexity index is 970. The number of ether oxygens (including phenoxy) is 1. The second kappa shape index (κ2) is 12.0. The quantitative estimate of drug-likeness (QED) is 0.493. The van der Waals surface area contributed by atoms with Gasteiger partial charge in [0.05, 0.1) is 7.11 Å². The number of nitrogens with zero attached hydrogens (tertiary/aromatic N) is 3. The van der Waals surface area contributed by atoms with Gasteiger partial charge in [-0.2, -0.15) is 0 Å². The van der Waals surface area contributed by atoms with Crippen molar-refractivity contribution in [3.8, 4) is 5.75 Å². The molecule has 0 aromatic heterocycles. The Morgan fingerprint density at radius 3 is 2.54 bits per heavy atom. The number of rotatable bonds is 10. The molecule has 2 aliphatic heterocycles. The molecule has 0 unspecified atom stereocenters. The van der Waals surface area contributed by atoms with E-state index in [-0.39, 0.29) is 11.8 Å². The lowest BCUT2D eigenvalue weighted by atomic mass is 9.88. The van der Waals surface area contributed by atoms with Crippen LogP contribution in [0, 0.1) is 18.8 Å². The minimum absolute atomic E-state index is 0.0219. The van der Waals surface area contributed by atoms with Crippen LogP contribution in [-0.2, 0) is 11.3 Å². The maximum atomic E-state index is 13.3. The first-order chi connectivity index (χ1) is 16.9. The van der Waals surface area contributed by atoms with Gasteiger partial charge in [0.2, 0.25) is 5.91 Å². The first-order valence-electron chi connectivity index (χ1n) is 13.4. The second-order valence-corrected chi connectivity index (χ2v) is 10.8. The summed E-state index contributed by atoms with van der Waals surface area (Å²) in [5, 5.41) is 0. The number of carbonyl (C=O) groups is 1. The molecule has 1 amide bonds. The Labute approximate surface area is 212 Å². The van der Waals surface area contributed by atoms with Gasteiger partial charge in [0.15, 0.2) is 0 Å². The highest BCUT2D eigenvalue weighted by Crippen LogP contribution is 2.36. The summed E-state index contributed by atoms with van der Waals surface area (Å²) >= 11 is 0. The zero-order chi connectivity index (χ0) is 24.8. The van der Waals surface area contributed by atoms with Gasteiger partial charge >= 0.3 is 0 Å². The lowest BCUT2D eigenvalue weighted by molar-refractivity contribution is -0.135. The molecule has 5 heteroatoms. The third-order valence-corrected chi connectivity index (χ3v) is 7.67. The van der Waals surface area contributed by atoms with Crippen molar-refractivity contribution in [3.05, 3.63) is 65.2 Å². The maximum Gasteiger partial charge on any atom is 0.225 e. The largest absolute Gasteiger partial charge is 0.497 e. The SMILES string of the molecule is COc1cccc([C@@H]2CN(Cc3cccc(C)c3)C[C@H]2CN(CCN2CCCC2)C(=O)C(C)C)c1. The molecular formula is C30H43N3O2. The van der Waals surface area contributed by atoms with Crippen molar-refractivity contribution in [1.29, 1.82) is 0 Å². The highest BCUT2D eigenvalue weighted by molar-refractivity contribution is 5.78. The number of hydrogen-bond donors (Lipinski definition) is 0. The van der Waals surface area contributed by atoms with Gasteiger partial charge in [0, 0.05) is 51.1 Å². The molecule has 5 nitrogen and oxygen atoms in total. The molecule has 2 saturated heterocycles. The smallest absolute Gasteiger partial charge is 0.225 e. The topological polar surface area (TPSA) is 36.0 Å². The Morgan fingerprint density at radius 1 is 1.06 bits per heavy atom. The molecule has 0 N–H and O–H groups in total. The fraction of sp³-hybridized carbons (Fsp3) is 0.567. The Kier molecular flexibility index (Phi) is 8.85. The first kappa shape index (κ1) is 25.7. The molecule has 2 aromatic rings. The molecule has 0 aliphatic carbocycles. The zero-order valence-electron chi connectivity index (χ0n) is 22.1. The van der Waals surface area contributed by atoms with Gasteiger partial charge in [0.25, 0.3) is 0 Å². The van der Waals surface area contributed by atoms with Gasteiger partial charge in [-0.15, -0.1) is 0 Å². The molecule has 2 heterocycles. The Hall–Kier alpha value is -2.37. The third-order valence-electron chi connectivity index (χ3n) is 7.67. The number of amides is 1. The van der Waals surface area contributed by atoms with Gasteiger partial charge in [-0.25, -0.2) is 0 Å². The van der Waals surface area contributed by atoms with Crippen LogP contribution in [0.4, 0.5) is 0 Å². The highest BCUT2D eigenvalue weighted by Gasteiger charge is 2.36. The standard InChI is InChI=1S/C30H43N3O2/c1-23(2)30(34)33(16-15-31-13-5-6-14-31)21-27-20-32(19-25-10-7-9-24(3)17-25)22-29(27)26-11-8-12-28(18-26)35-4/h7-12,17-18,23,27,29H,5-6,13-16,19-22H2,1-4H3/t27-,29-/m0/s1. The summed E-state index contributed by atoms with van der Waals surface area (Å²) in [6, 6.07) is 17.4. The van der Waals surface area contributed by atoms with Gasteiger partial charge in [0.1, 0.15) is 5.75 Å². The van der Waals surface area contributed by atoms with Gasteiger partial charge < -0.3 is 14.5 Å². The highest BCUT2D eigenvalue weighted by atomic mass is 16.5. The van der Waals surface area contributed by atoms with Gasteiger partial charge in [-0.1, -0.05) is 55.8 Å². The monoisotopic (exact) mass is 477 g/mol. The van der Waals surface area contributed by atoms with Crippen LogP contribution in [0.5, 0.6) is 5.75 Å². The van der Waals surface area contributed by atoms with Crippen LogP contribution in [0.25, 0.3) is 0 Å². The molecule has 35 heavy (non-hydrogen) atoms. The van der Waals surface area contributed by atoms with E-state index in [9.17, 15) is 4.79 Å². The molecule has 2 atom stereocenters. The van der Waals surface area contributed by atoms with Crippen LogP contribution in [0.2, 0.25) is 0 Å². The average molecular weight is 478 g/mol.